The number of ether oxygens (including phenoxy) is 1. The first-order chi connectivity index (χ1) is 11.0. The number of benzene rings is 1. The molecule has 1 aliphatic rings. The van der Waals surface area contributed by atoms with Gasteiger partial charge in [0.25, 0.3) is 5.91 Å². The summed E-state index contributed by atoms with van der Waals surface area (Å²) in [6.07, 6.45) is 1.82. The van der Waals surface area contributed by atoms with Crippen molar-refractivity contribution < 1.29 is 14.3 Å². The van der Waals surface area contributed by atoms with Crippen LogP contribution in [0.4, 0.5) is 0 Å². The molecule has 6 heteroatoms. The summed E-state index contributed by atoms with van der Waals surface area (Å²) in [4.78, 5) is 23.8. The second-order valence-corrected chi connectivity index (χ2v) is 6.20. The van der Waals surface area contributed by atoms with Gasteiger partial charge in [-0.15, -0.1) is 0 Å². The number of nitrogens with zero attached hydrogens (tertiary/aromatic N) is 1. The van der Waals surface area contributed by atoms with Crippen LogP contribution in [-0.2, 0) is 9.53 Å². The van der Waals surface area contributed by atoms with Crippen molar-refractivity contribution in [2.45, 2.75) is 33.1 Å². The Hall–Kier alpha value is -1.95. The fourth-order valence-electron chi connectivity index (χ4n) is 2.37. The lowest BCUT2D eigenvalue weighted by Crippen LogP contribution is -2.22. The van der Waals surface area contributed by atoms with Crippen LogP contribution in [0, 0.1) is 0 Å². The standard InChI is InChI=1S/C17H19BrN2O3/c1-3-23-17(22)15-9-8-14(10-11(15)2)19-20-16(21)12-4-6-13(18)7-5-12/h4-7H,3,8-10H2,1-2H3,(H,20,21). The molecule has 1 aromatic rings. The van der Waals surface area contributed by atoms with Gasteiger partial charge in [0.1, 0.15) is 0 Å². The van der Waals surface area contributed by atoms with Crippen LogP contribution in [-0.4, -0.2) is 24.2 Å². The van der Waals surface area contributed by atoms with E-state index in [-0.39, 0.29) is 11.9 Å². The van der Waals surface area contributed by atoms with Crippen molar-refractivity contribution in [3.63, 3.8) is 0 Å². The largest absolute Gasteiger partial charge is 0.463 e. The monoisotopic (exact) mass is 378 g/mol. The Morgan fingerprint density at radius 2 is 1.96 bits per heavy atom. The summed E-state index contributed by atoms with van der Waals surface area (Å²) in [5.74, 6) is -0.495. The minimum atomic E-state index is -0.247. The molecule has 0 fully saturated rings. The predicted molar refractivity (Wildman–Crippen MR) is 92.2 cm³/mol. The maximum atomic E-state index is 12.0. The molecular weight excluding hydrogens is 360 g/mol. The summed E-state index contributed by atoms with van der Waals surface area (Å²) in [5, 5.41) is 4.19. The van der Waals surface area contributed by atoms with Gasteiger partial charge in [-0.05, 0) is 51.0 Å². The molecule has 1 amide bonds. The van der Waals surface area contributed by atoms with Gasteiger partial charge >= 0.3 is 5.97 Å². The molecule has 0 heterocycles. The zero-order valence-electron chi connectivity index (χ0n) is 13.2. The lowest BCUT2D eigenvalue weighted by atomic mass is 9.91. The van der Waals surface area contributed by atoms with Crippen LogP contribution in [0.25, 0.3) is 0 Å². The van der Waals surface area contributed by atoms with Gasteiger partial charge in [0, 0.05) is 27.7 Å². The highest BCUT2D eigenvalue weighted by Crippen LogP contribution is 2.23. The van der Waals surface area contributed by atoms with Crippen LogP contribution in [0.3, 0.4) is 0 Å². The third kappa shape index (κ3) is 4.76. The lowest BCUT2D eigenvalue weighted by Gasteiger charge is -2.18. The number of esters is 1. The van der Waals surface area contributed by atoms with Crippen LogP contribution in [0.2, 0.25) is 0 Å². The van der Waals surface area contributed by atoms with Gasteiger partial charge in [-0.2, -0.15) is 5.10 Å². The van der Waals surface area contributed by atoms with E-state index in [0.717, 1.165) is 21.3 Å². The second kappa shape index (κ2) is 8.06. The van der Waals surface area contributed by atoms with E-state index < -0.39 is 0 Å². The summed E-state index contributed by atoms with van der Waals surface area (Å²) in [6, 6.07) is 7.07. The Bertz CT molecular complexity index is 663. The average Bonchev–Trinajstić information content (AvgIpc) is 2.53. The van der Waals surface area contributed by atoms with E-state index in [1.165, 1.54) is 0 Å². The Morgan fingerprint density at radius 1 is 1.26 bits per heavy atom. The number of allylic oxidation sites excluding steroid dienone is 1. The van der Waals surface area contributed by atoms with E-state index in [1.807, 2.05) is 6.92 Å². The summed E-state index contributed by atoms with van der Waals surface area (Å²) >= 11 is 3.33. The molecule has 0 bridgehead atoms. The van der Waals surface area contributed by atoms with Crippen molar-refractivity contribution in [3.8, 4) is 0 Å². The molecular formula is C17H19BrN2O3. The third-order valence-corrected chi connectivity index (χ3v) is 4.12. The molecule has 0 radical (unpaired) electrons. The first-order valence-electron chi connectivity index (χ1n) is 7.48. The highest BCUT2D eigenvalue weighted by molar-refractivity contribution is 9.10. The van der Waals surface area contributed by atoms with Gasteiger partial charge in [0.05, 0.1) is 6.61 Å². The van der Waals surface area contributed by atoms with Gasteiger partial charge in [0.15, 0.2) is 0 Å². The molecule has 2 rings (SSSR count). The molecule has 0 saturated carbocycles. The number of carbonyl (C=O) groups is 2. The predicted octanol–water partition coefficient (Wildman–Crippen LogP) is 3.60. The molecule has 0 aliphatic heterocycles. The number of hydrogen-bond donors (Lipinski definition) is 1. The number of hydrazone groups is 1. The SMILES string of the molecule is CCOC(=O)C1=C(C)CC(=NNC(=O)c2ccc(Br)cc2)CC1. The topological polar surface area (TPSA) is 67.8 Å². The zero-order chi connectivity index (χ0) is 16.8. The van der Waals surface area contributed by atoms with Crippen LogP contribution in [0.1, 0.15) is 43.5 Å². The van der Waals surface area contributed by atoms with Gasteiger partial charge in [0.2, 0.25) is 0 Å². The zero-order valence-corrected chi connectivity index (χ0v) is 14.8. The smallest absolute Gasteiger partial charge is 0.333 e. The van der Waals surface area contributed by atoms with Crippen molar-refractivity contribution >= 4 is 33.5 Å². The van der Waals surface area contributed by atoms with Crippen molar-refractivity contribution in [1.29, 1.82) is 0 Å². The van der Waals surface area contributed by atoms with E-state index >= 15 is 0 Å². The van der Waals surface area contributed by atoms with Crippen LogP contribution in [0.15, 0.2) is 45.0 Å². The highest BCUT2D eigenvalue weighted by Gasteiger charge is 2.21. The fourth-order valence-corrected chi connectivity index (χ4v) is 2.63. The van der Waals surface area contributed by atoms with Crippen LogP contribution >= 0.6 is 15.9 Å². The molecule has 1 N–H and O–H groups in total. The van der Waals surface area contributed by atoms with E-state index in [1.54, 1.807) is 31.2 Å². The van der Waals surface area contributed by atoms with Crippen LogP contribution in [0.5, 0.6) is 0 Å². The molecule has 0 atom stereocenters. The van der Waals surface area contributed by atoms with Crippen LogP contribution < -0.4 is 5.43 Å². The highest BCUT2D eigenvalue weighted by atomic mass is 79.9. The Morgan fingerprint density at radius 3 is 2.57 bits per heavy atom. The third-order valence-electron chi connectivity index (χ3n) is 3.59. The molecule has 0 aromatic heterocycles. The van der Waals surface area contributed by atoms with Gasteiger partial charge in [-0.1, -0.05) is 21.5 Å². The maximum absolute atomic E-state index is 12.0. The molecule has 0 spiro atoms. The normalized spacial score (nSPS) is 16.4. The second-order valence-electron chi connectivity index (χ2n) is 5.28. The van der Waals surface area contributed by atoms with E-state index in [0.29, 0.717) is 31.4 Å². The van der Waals surface area contributed by atoms with E-state index in [2.05, 4.69) is 26.5 Å². The molecule has 0 saturated heterocycles. The summed E-state index contributed by atoms with van der Waals surface area (Å²) in [6.45, 7) is 4.07. The first-order valence-corrected chi connectivity index (χ1v) is 8.27. The maximum Gasteiger partial charge on any atom is 0.333 e. The van der Waals surface area contributed by atoms with Crippen molar-refractivity contribution in [3.05, 3.63) is 45.4 Å². The molecule has 1 aromatic carbocycles. The first kappa shape index (κ1) is 17.4. The van der Waals surface area contributed by atoms with E-state index in [4.69, 9.17) is 4.74 Å². The number of halogens is 1. The number of hydrogen-bond acceptors (Lipinski definition) is 4. The van der Waals surface area contributed by atoms with Gasteiger partial charge < -0.3 is 4.74 Å². The summed E-state index contributed by atoms with van der Waals surface area (Å²) < 4.78 is 5.96. The number of rotatable bonds is 4. The Balaban J connectivity index is 1.98. The summed E-state index contributed by atoms with van der Waals surface area (Å²) in [7, 11) is 0. The van der Waals surface area contributed by atoms with Gasteiger partial charge in [-0.3, -0.25) is 4.79 Å². The summed E-state index contributed by atoms with van der Waals surface area (Å²) in [5.41, 5.74) is 5.66. The Kier molecular flexibility index (Phi) is 6.10. The molecule has 122 valence electrons. The Labute approximate surface area is 143 Å². The number of amides is 1. The number of nitrogens with one attached hydrogen (secondary N) is 1. The fraction of sp³-hybridized carbons (Fsp3) is 0.353. The number of carbonyl (C=O) groups excluding carboxylic acids is 2. The van der Waals surface area contributed by atoms with E-state index in [9.17, 15) is 9.59 Å². The van der Waals surface area contributed by atoms with Crippen molar-refractivity contribution in [1.82, 2.24) is 5.43 Å². The average molecular weight is 379 g/mol. The van der Waals surface area contributed by atoms with Gasteiger partial charge in [-0.25, -0.2) is 10.2 Å². The quantitative estimate of drug-likeness (QED) is 0.642. The molecule has 5 nitrogen and oxygen atoms in total. The minimum absolute atomic E-state index is 0.247. The molecule has 1 aliphatic carbocycles. The van der Waals surface area contributed by atoms with Crippen molar-refractivity contribution in [2.75, 3.05) is 6.61 Å². The molecule has 0 unspecified atom stereocenters. The van der Waals surface area contributed by atoms with Crippen molar-refractivity contribution in [2.24, 2.45) is 5.10 Å². The molecule has 23 heavy (non-hydrogen) atoms. The lowest BCUT2D eigenvalue weighted by molar-refractivity contribution is -0.138. The minimum Gasteiger partial charge on any atom is -0.463 e.